The van der Waals surface area contributed by atoms with Gasteiger partial charge in [0.05, 0.1) is 33.2 Å². The normalized spacial score (nSPS) is 11.9. The van der Waals surface area contributed by atoms with E-state index < -0.39 is 56.8 Å². The quantitative estimate of drug-likeness (QED) is 0.0598. The van der Waals surface area contributed by atoms with E-state index in [1.807, 2.05) is 132 Å². The van der Waals surface area contributed by atoms with Crippen molar-refractivity contribution in [2.24, 2.45) is 0 Å². The van der Waals surface area contributed by atoms with Gasteiger partial charge in [0.1, 0.15) is 16.6 Å². The van der Waals surface area contributed by atoms with Gasteiger partial charge in [0.15, 0.2) is 46.1 Å². The predicted molar refractivity (Wildman–Crippen MR) is 245 cm³/mol. The number of furan rings is 1. The van der Waals surface area contributed by atoms with Crippen molar-refractivity contribution in [3.05, 3.63) is 140 Å². The van der Waals surface area contributed by atoms with Crippen LogP contribution in [0.1, 0.15) is 0 Å². The van der Waals surface area contributed by atoms with Gasteiger partial charge in [0, 0.05) is 38.2 Å². The average molecular weight is 858 g/mol. The molecule has 4 heterocycles. The zero-order chi connectivity index (χ0) is 44.4. The molecule has 0 aliphatic carbocycles. The molecular weight excluding hydrogens is 827 g/mol. The maximum absolute atomic E-state index is 11.5. The van der Waals surface area contributed by atoms with Crippen LogP contribution in [0.5, 0.6) is 46.0 Å². The molecule has 0 saturated carbocycles. The number of phenolic OH excluding ortho intramolecular Hbond substituents is 8. The molecular formula is C51H31N5O9. The van der Waals surface area contributed by atoms with Gasteiger partial charge in [-0.15, -0.1) is 0 Å². The molecule has 0 aliphatic heterocycles. The SMILES string of the molecule is Oc1c(O)c(O)c2c(c1O)c1c(O)c(O)c(O)c(O)c1n2-c1cccc2c1c1ccccc1n2-c1ccc(-c2nc(-c3ccccc3)nc(-c3ccccc3)n2)c2c1oc1ccccc12. The van der Waals surface area contributed by atoms with Crippen LogP contribution in [-0.4, -0.2) is 64.9 Å². The van der Waals surface area contributed by atoms with Crippen LogP contribution in [0, 0.1) is 0 Å². The van der Waals surface area contributed by atoms with Gasteiger partial charge in [-0.3, -0.25) is 0 Å². The molecule has 0 bridgehead atoms. The van der Waals surface area contributed by atoms with Crippen molar-refractivity contribution in [2.75, 3.05) is 0 Å². The number of aromatic nitrogens is 5. The number of nitrogens with zero attached hydrogens (tertiary/aromatic N) is 5. The summed E-state index contributed by atoms with van der Waals surface area (Å²) in [6, 6.07) is 43.6. The number of benzene rings is 8. The number of hydrogen-bond acceptors (Lipinski definition) is 12. The van der Waals surface area contributed by atoms with Crippen LogP contribution in [0.3, 0.4) is 0 Å². The topological polar surface area (TPSA) is 224 Å². The van der Waals surface area contributed by atoms with E-state index in [4.69, 9.17) is 19.4 Å². The summed E-state index contributed by atoms with van der Waals surface area (Å²) in [6.45, 7) is 0. The predicted octanol–water partition coefficient (Wildman–Crippen LogP) is 10.6. The summed E-state index contributed by atoms with van der Waals surface area (Å²) in [6.07, 6.45) is 0. The van der Waals surface area contributed by atoms with Gasteiger partial charge in [-0.25, -0.2) is 15.0 Å². The second kappa shape index (κ2) is 13.5. The maximum Gasteiger partial charge on any atom is 0.206 e. The van der Waals surface area contributed by atoms with Crippen molar-refractivity contribution in [3.63, 3.8) is 0 Å². The molecule has 12 rings (SSSR count). The Hall–Kier alpha value is -9.43. The van der Waals surface area contributed by atoms with E-state index >= 15 is 0 Å². The van der Waals surface area contributed by atoms with Crippen molar-refractivity contribution in [1.82, 2.24) is 24.1 Å². The minimum absolute atomic E-state index is 0.238. The van der Waals surface area contributed by atoms with E-state index in [2.05, 4.69) is 0 Å². The van der Waals surface area contributed by atoms with Crippen molar-refractivity contribution in [3.8, 4) is 91.5 Å². The zero-order valence-electron chi connectivity index (χ0n) is 33.5. The smallest absolute Gasteiger partial charge is 0.206 e. The van der Waals surface area contributed by atoms with Crippen LogP contribution in [-0.2, 0) is 0 Å². The van der Waals surface area contributed by atoms with Gasteiger partial charge in [-0.05, 0) is 36.4 Å². The molecule has 0 aliphatic rings. The van der Waals surface area contributed by atoms with E-state index in [-0.39, 0.29) is 16.7 Å². The van der Waals surface area contributed by atoms with Gasteiger partial charge in [-0.2, -0.15) is 0 Å². The molecule has 0 amide bonds. The first-order valence-electron chi connectivity index (χ1n) is 20.3. The lowest BCUT2D eigenvalue weighted by Gasteiger charge is -2.14. The largest absolute Gasteiger partial charge is 0.504 e. The van der Waals surface area contributed by atoms with Gasteiger partial charge in [0.25, 0.3) is 0 Å². The summed E-state index contributed by atoms with van der Waals surface area (Å²) >= 11 is 0. The molecule has 0 unspecified atom stereocenters. The third-order valence-corrected chi connectivity index (χ3v) is 12.0. The zero-order valence-corrected chi connectivity index (χ0v) is 33.5. The monoisotopic (exact) mass is 857 g/mol. The lowest BCUT2D eigenvalue weighted by Crippen LogP contribution is -2.01. The first kappa shape index (κ1) is 37.3. The Bertz CT molecular complexity index is 3860. The number of rotatable bonds is 5. The highest BCUT2D eigenvalue weighted by Crippen LogP contribution is 2.59. The van der Waals surface area contributed by atoms with Crippen LogP contribution < -0.4 is 0 Å². The molecule has 65 heavy (non-hydrogen) atoms. The Morgan fingerprint density at radius 3 is 1.48 bits per heavy atom. The molecule has 4 aromatic heterocycles. The van der Waals surface area contributed by atoms with Crippen LogP contribution in [0.4, 0.5) is 0 Å². The van der Waals surface area contributed by atoms with Crippen molar-refractivity contribution >= 4 is 65.6 Å². The lowest BCUT2D eigenvalue weighted by molar-refractivity contribution is 0.350. The summed E-state index contributed by atoms with van der Waals surface area (Å²) in [5.41, 5.74) is 4.85. The highest BCUT2D eigenvalue weighted by molar-refractivity contribution is 6.23. The number of aromatic hydroxyl groups is 8. The second-order valence-electron chi connectivity index (χ2n) is 15.6. The first-order chi connectivity index (χ1) is 31.6. The summed E-state index contributed by atoms with van der Waals surface area (Å²) in [5, 5.41) is 90.4. The Balaban J connectivity index is 1.18. The van der Waals surface area contributed by atoms with Crippen LogP contribution in [0.25, 0.3) is 111 Å². The highest BCUT2D eigenvalue weighted by Gasteiger charge is 2.33. The molecule has 14 heteroatoms. The molecule has 0 saturated heterocycles. The third-order valence-electron chi connectivity index (χ3n) is 12.0. The van der Waals surface area contributed by atoms with Crippen molar-refractivity contribution < 1.29 is 45.3 Å². The molecule has 0 spiro atoms. The Morgan fingerprint density at radius 1 is 0.354 bits per heavy atom. The summed E-state index contributed by atoms with van der Waals surface area (Å²) in [7, 11) is 0. The molecule has 0 fully saturated rings. The van der Waals surface area contributed by atoms with Gasteiger partial charge < -0.3 is 54.4 Å². The Labute approximate surface area is 364 Å². The maximum atomic E-state index is 11.5. The minimum Gasteiger partial charge on any atom is -0.504 e. The Kier molecular flexibility index (Phi) is 7.77. The number of fused-ring (bicyclic) bond motifs is 9. The standard InChI is InChI=1S/C51H31N5O9/c57-40-36-37-39(43(60)47(64)45(62)41(37)58)56(38(36)42(59)46(63)44(40)61)31-20-11-19-30-35(31)26-16-7-9-18-29(26)55(30)32-23-22-28(34-27-17-8-10-21-33(27)65-48(32)34)51-53-49(24-12-3-1-4-13-24)52-50(54-51)25-14-5-2-6-15-25/h1-23,57-64H. The van der Waals surface area contributed by atoms with Crippen molar-refractivity contribution in [1.29, 1.82) is 0 Å². The van der Waals surface area contributed by atoms with Crippen LogP contribution in [0.2, 0.25) is 0 Å². The second-order valence-corrected chi connectivity index (χ2v) is 15.6. The van der Waals surface area contributed by atoms with Crippen LogP contribution >= 0.6 is 0 Å². The molecule has 0 radical (unpaired) electrons. The van der Waals surface area contributed by atoms with Crippen molar-refractivity contribution in [2.45, 2.75) is 0 Å². The van der Waals surface area contributed by atoms with E-state index in [9.17, 15) is 40.9 Å². The number of hydrogen-bond donors (Lipinski definition) is 8. The fraction of sp³-hybridized carbons (Fsp3) is 0. The highest BCUT2D eigenvalue weighted by atomic mass is 16.4. The molecule has 14 nitrogen and oxygen atoms in total. The van der Waals surface area contributed by atoms with E-state index in [0.29, 0.717) is 61.7 Å². The number of phenols is 8. The minimum atomic E-state index is -1.11. The van der Waals surface area contributed by atoms with E-state index in [0.717, 1.165) is 21.9 Å². The van der Waals surface area contributed by atoms with Crippen LogP contribution in [0.15, 0.2) is 144 Å². The molecule has 12 aromatic rings. The van der Waals surface area contributed by atoms with Gasteiger partial charge in [-0.1, -0.05) is 103 Å². The van der Waals surface area contributed by atoms with Gasteiger partial charge >= 0.3 is 0 Å². The summed E-state index contributed by atoms with van der Waals surface area (Å²) < 4.78 is 10.0. The summed E-state index contributed by atoms with van der Waals surface area (Å²) in [5.74, 6) is -6.77. The molecule has 314 valence electrons. The summed E-state index contributed by atoms with van der Waals surface area (Å²) in [4.78, 5) is 15.0. The fourth-order valence-corrected chi connectivity index (χ4v) is 9.18. The van der Waals surface area contributed by atoms with Gasteiger partial charge in [0.2, 0.25) is 23.0 Å². The average Bonchev–Trinajstić information content (AvgIpc) is 4.03. The molecule has 0 atom stereocenters. The first-order valence-corrected chi connectivity index (χ1v) is 20.3. The lowest BCUT2D eigenvalue weighted by atomic mass is 10.0. The third kappa shape index (κ3) is 5.12. The fourth-order valence-electron chi connectivity index (χ4n) is 9.18. The Morgan fingerprint density at radius 2 is 0.862 bits per heavy atom. The van der Waals surface area contributed by atoms with E-state index in [1.165, 1.54) is 4.57 Å². The number of para-hydroxylation sites is 2. The van der Waals surface area contributed by atoms with E-state index in [1.54, 1.807) is 12.1 Å². The molecule has 8 aromatic carbocycles. The molecule has 8 N–H and O–H groups in total.